The first-order valence-corrected chi connectivity index (χ1v) is 7.90. The van der Waals surface area contributed by atoms with Crippen LogP contribution in [-0.4, -0.2) is 37.7 Å². The molecule has 1 saturated carbocycles. The zero-order valence-electron chi connectivity index (χ0n) is 12.1. The lowest BCUT2D eigenvalue weighted by Crippen LogP contribution is -2.37. The predicted molar refractivity (Wildman–Crippen MR) is 76.0 cm³/mol. The van der Waals surface area contributed by atoms with Gasteiger partial charge in [-0.2, -0.15) is 0 Å². The molecule has 4 heteroatoms. The average molecular weight is 268 g/mol. The van der Waals surface area contributed by atoms with Gasteiger partial charge in [-0.15, -0.1) is 0 Å². The van der Waals surface area contributed by atoms with Gasteiger partial charge in [-0.3, -0.25) is 4.79 Å². The molecule has 0 aromatic heterocycles. The molecule has 1 aliphatic carbocycles. The van der Waals surface area contributed by atoms with Gasteiger partial charge in [0, 0.05) is 19.2 Å². The summed E-state index contributed by atoms with van der Waals surface area (Å²) in [6.45, 7) is 4.58. The molecule has 2 aliphatic rings. The molecular formula is C15H28N2O2. The van der Waals surface area contributed by atoms with Crippen LogP contribution in [0.3, 0.4) is 0 Å². The molecule has 1 saturated heterocycles. The van der Waals surface area contributed by atoms with Crippen molar-refractivity contribution in [3.8, 4) is 0 Å². The average Bonchev–Trinajstić information content (AvgIpc) is 2.86. The lowest BCUT2D eigenvalue weighted by molar-refractivity contribution is -0.125. The SMILES string of the molecule is CC1NCCC1C(=O)NCCCOC1CCCCC1. The van der Waals surface area contributed by atoms with Crippen molar-refractivity contribution in [1.82, 2.24) is 10.6 Å². The monoisotopic (exact) mass is 268 g/mol. The topological polar surface area (TPSA) is 50.4 Å². The first-order chi connectivity index (χ1) is 9.27. The fourth-order valence-electron chi connectivity index (χ4n) is 3.11. The van der Waals surface area contributed by atoms with E-state index in [1.54, 1.807) is 0 Å². The summed E-state index contributed by atoms with van der Waals surface area (Å²) >= 11 is 0. The number of rotatable bonds is 6. The molecule has 2 unspecified atom stereocenters. The standard InChI is InChI=1S/C15H28N2O2/c1-12-14(8-10-16-12)15(18)17-9-5-11-19-13-6-3-2-4-7-13/h12-14,16H,2-11H2,1H3,(H,17,18). The first-order valence-electron chi connectivity index (χ1n) is 7.90. The van der Waals surface area contributed by atoms with Crippen LogP contribution in [0.25, 0.3) is 0 Å². The Kier molecular flexibility index (Phi) is 6.11. The number of hydrogen-bond acceptors (Lipinski definition) is 3. The maximum atomic E-state index is 11.9. The highest BCUT2D eigenvalue weighted by molar-refractivity contribution is 5.79. The van der Waals surface area contributed by atoms with Gasteiger partial charge in [0.25, 0.3) is 0 Å². The summed E-state index contributed by atoms with van der Waals surface area (Å²) < 4.78 is 5.85. The molecule has 0 radical (unpaired) electrons. The summed E-state index contributed by atoms with van der Waals surface area (Å²) in [5.74, 6) is 0.356. The molecule has 2 rings (SSSR count). The van der Waals surface area contributed by atoms with Gasteiger partial charge >= 0.3 is 0 Å². The van der Waals surface area contributed by atoms with Gasteiger partial charge < -0.3 is 15.4 Å². The molecule has 4 nitrogen and oxygen atoms in total. The number of carbonyl (C=O) groups excluding carboxylic acids is 1. The second-order valence-electron chi connectivity index (χ2n) is 5.91. The third-order valence-electron chi connectivity index (χ3n) is 4.39. The van der Waals surface area contributed by atoms with Crippen LogP contribution in [0, 0.1) is 5.92 Å². The Morgan fingerprint density at radius 2 is 2.05 bits per heavy atom. The Hall–Kier alpha value is -0.610. The minimum Gasteiger partial charge on any atom is -0.378 e. The fourth-order valence-corrected chi connectivity index (χ4v) is 3.11. The predicted octanol–water partition coefficient (Wildman–Crippen LogP) is 1.84. The van der Waals surface area contributed by atoms with Gasteiger partial charge in [0.2, 0.25) is 5.91 Å². The quantitative estimate of drug-likeness (QED) is 0.723. The van der Waals surface area contributed by atoms with Gasteiger partial charge in [0.1, 0.15) is 0 Å². The first kappa shape index (κ1) is 14.8. The largest absolute Gasteiger partial charge is 0.378 e. The van der Waals surface area contributed by atoms with E-state index in [0.717, 1.165) is 32.5 Å². The molecular weight excluding hydrogens is 240 g/mol. The molecule has 0 spiro atoms. The summed E-state index contributed by atoms with van der Waals surface area (Å²) in [5.41, 5.74) is 0. The van der Waals surface area contributed by atoms with Gasteiger partial charge in [0.15, 0.2) is 0 Å². The summed E-state index contributed by atoms with van der Waals surface area (Å²) in [6, 6.07) is 0.318. The van der Waals surface area contributed by atoms with Crippen molar-refractivity contribution < 1.29 is 9.53 Å². The third-order valence-corrected chi connectivity index (χ3v) is 4.39. The van der Waals surface area contributed by atoms with E-state index in [2.05, 4.69) is 17.6 Å². The number of amides is 1. The van der Waals surface area contributed by atoms with Crippen molar-refractivity contribution in [3.63, 3.8) is 0 Å². The van der Waals surface area contributed by atoms with E-state index in [0.29, 0.717) is 12.1 Å². The van der Waals surface area contributed by atoms with Gasteiger partial charge in [0.05, 0.1) is 12.0 Å². The van der Waals surface area contributed by atoms with E-state index < -0.39 is 0 Å². The van der Waals surface area contributed by atoms with Crippen LogP contribution >= 0.6 is 0 Å². The van der Waals surface area contributed by atoms with E-state index in [1.165, 1.54) is 32.1 Å². The second-order valence-corrected chi connectivity index (χ2v) is 5.91. The van der Waals surface area contributed by atoms with Crippen LogP contribution in [0.1, 0.15) is 51.9 Å². The molecule has 1 heterocycles. The van der Waals surface area contributed by atoms with Gasteiger partial charge in [-0.25, -0.2) is 0 Å². The molecule has 19 heavy (non-hydrogen) atoms. The van der Waals surface area contributed by atoms with Gasteiger partial charge in [-0.05, 0) is 39.2 Å². The molecule has 1 aliphatic heterocycles. The highest BCUT2D eigenvalue weighted by Gasteiger charge is 2.28. The summed E-state index contributed by atoms with van der Waals surface area (Å²) in [6.07, 6.45) is 8.80. The molecule has 0 aromatic carbocycles. The summed E-state index contributed by atoms with van der Waals surface area (Å²) in [4.78, 5) is 11.9. The maximum absolute atomic E-state index is 11.9. The van der Waals surface area contributed by atoms with Crippen molar-refractivity contribution in [2.45, 2.75) is 64.0 Å². The number of nitrogens with one attached hydrogen (secondary N) is 2. The van der Waals surface area contributed by atoms with Crippen LogP contribution < -0.4 is 10.6 Å². The van der Waals surface area contributed by atoms with E-state index in [4.69, 9.17) is 4.74 Å². The van der Waals surface area contributed by atoms with Crippen LogP contribution in [0.2, 0.25) is 0 Å². The lowest BCUT2D eigenvalue weighted by Gasteiger charge is -2.22. The van der Waals surface area contributed by atoms with Crippen LogP contribution in [0.15, 0.2) is 0 Å². The zero-order chi connectivity index (χ0) is 13.5. The van der Waals surface area contributed by atoms with Crippen molar-refractivity contribution in [1.29, 1.82) is 0 Å². The molecule has 0 aromatic rings. The molecule has 110 valence electrons. The Morgan fingerprint density at radius 3 is 2.74 bits per heavy atom. The number of ether oxygens (including phenoxy) is 1. The van der Waals surface area contributed by atoms with Crippen molar-refractivity contribution in [2.75, 3.05) is 19.7 Å². The van der Waals surface area contributed by atoms with Gasteiger partial charge in [-0.1, -0.05) is 19.3 Å². The summed E-state index contributed by atoms with van der Waals surface area (Å²) in [5, 5.41) is 6.34. The molecule has 2 N–H and O–H groups in total. The maximum Gasteiger partial charge on any atom is 0.224 e. The number of carbonyl (C=O) groups is 1. The lowest BCUT2D eigenvalue weighted by atomic mass is 9.98. The van der Waals surface area contributed by atoms with E-state index in [9.17, 15) is 4.79 Å². The van der Waals surface area contributed by atoms with Crippen LogP contribution in [0.4, 0.5) is 0 Å². The normalized spacial score (nSPS) is 28.5. The molecule has 2 fully saturated rings. The Bertz CT molecular complexity index is 277. The smallest absolute Gasteiger partial charge is 0.224 e. The Balaban J connectivity index is 1.50. The minimum absolute atomic E-state index is 0.152. The molecule has 2 atom stereocenters. The zero-order valence-corrected chi connectivity index (χ0v) is 12.1. The van der Waals surface area contributed by atoms with Crippen LogP contribution in [0.5, 0.6) is 0 Å². The minimum atomic E-state index is 0.152. The second kappa shape index (κ2) is 7.85. The van der Waals surface area contributed by atoms with E-state index >= 15 is 0 Å². The van der Waals surface area contributed by atoms with Crippen molar-refractivity contribution >= 4 is 5.91 Å². The molecule has 1 amide bonds. The third kappa shape index (κ3) is 4.77. The Labute approximate surface area is 116 Å². The van der Waals surface area contributed by atoms with Crippen molar-refractivity contribution in [2.24, 2.45) is 5.92 Å². The summed E-state index contributed by atoms with van der Waals surface area (Å²) in [7, 11) is 0. The fraction of sp³-hybridized carbons (Fsp3) is 0.933. The van der Waals surface area contributed by atoms with E-state index in [-0.39, 0.29) is 11.8 Å². The number of hydrogen-bond donors (Lipinski definition) is 2. The molecule has 0 bridgehead atoms. The highest BCUT2D eigenvalue weighted by atomic mass is 16.5. The van der Waals surface area contributed by atoms with Crippen molar-refractivity contribution in [3.05, 3.63) is 0 Å². The van der Waals surface area contributed by atoms with Crippen LogP contribution in [-0.2, 0) is 9.53 Å². The Morgan fingerprint density at radius 1 is 1.26 bits per heavy atom. The highest BCUT2D eigenvalue weighted by Crippen LogP contribution is 2.20. The van der Waals surface area contributed by atoms with E-state index in [1.807, 2.05) is 0 Å².